The first-order chi connectivity index (χ1) is 10.0. The van der Waals surface area contributed by atoms with Crippen molar-refractivity contribution < 1.29 is 9.53 Å². The average molecular weight is 304 g/mol. The molecule has 2 aromatic rings. The zero-order chi connectivity index (χ0) is 15.4. The molecule has 110 valence electrons. The van der Waals surface area contributed by atoms with Crippen LogP contribution >= 0.6 is 11.6 Å². The van der Waals surface area contributed by atoms with Gasteiger partial charge in [-0.05, 0) is 43.2 Å². The number of methoxy groups -OCH3 is 1. The van der Waals surface area contributed by atoms with Crippen LogP contribution in [0.25, 0.3) is 0 Å². The van der Waals surface area contributed by atoms with Crippen molar-refractivity contribution in [1.29, 1.82) is 0 Å². The molecule has 0 aliphatic rings. The first-order valence-electron chi connectivity index (χ1n) is 6.69. The summed E-state index contributed by atoms with van der Waals surface area (Å²) in [5.41, 5.74) is 4.41. The number of carbonyl (C=O) groups is 1. The SMILES string of the molecule is COC(=O)c1cc(C)ccc1NCc1ccc(C)c(Cl)c1. The summed E-state index contributed by atoms with van der Waals surface area (Å²) in [4.78, 5) is 11.8. The van der Waals surface area contributed by atoms with E-state index in [2.05, 4.69) is 5.32 Å². The molecule has 0 bridgehead atoms. The quantitative estimate of drug-likeness (QED) is 0.853. The molecule has 2 aromatic carbocycles. The lowest BCUT2D eigenvalue weighted by atomic mass is 10.1. The second-order valence-corrected chi connectivity index (χ2v) is 5.38. The molecular weight excluding hydrogens is 286 g/mol. The minimum absolute atomic E-state index is 0.344. The molecule has 1 N–H and O–H groups in total. The van der Waals surface area contributed by atoms with Gasteiger partial charge in [-0.3, -0.25) is 0 Å². The number of hydrogen-bond donors (Lipinski definition) is 1. The van der Waals surface area contributed by atoms with Gasteiger partial charge in [0, 0.05) is 17.3 Å². The molecule has 0 unspecified atom stereocenters. The third-order valence-electron chi connectivity index (χ3n) is 3.30. The highest BCUT2D eigenvalue weighted by Crippen LogP contribution is 2.21. The Kier molecular flexibility index (Phi) is 4.86. The van der Waals surface area contributed by atoms with Crippen LogP contribution in [0.5, 0.6) is 0 Å². The van der Waals surface area contributed by atoms with E-state index in [1.165, 1.54) is 7.11 Å². The molecule has 0 spiro atoms. The van der Waals surface area contributed by atoms with E-state index in [0.717, 1.165) is 27.4 Å². The molecule has 0 radical (unpaired) electrons. The van der Waals surface area contributed by atoms with E-state index in [9.17, 15) is 4.79 Å². The molecular formula is C17H18ClNO2. The Morgan fingerprint density at radius 2 is 1.95 bits per heavy atom. The van der Waals surface area contributed by atoms with Crippen LogP contribution in [0.4, 0.5) is 5.69 Å². The van der Waals surface area contributed by atoms with Crippen molar-refractivity contribution in [3.05, 3.63) is 63.7 Å². The van der Waals surface area contributed by atoms with Crippen molar-refractivity contribution >= 4 is 23.3 Å². The summed E-state index contributed by atoms with van der Waals surface area (Å²) in [6.07, 6.45) is 0. The standard InChI is InChI=1S/C17H18ClNO2/c1-11-4-7-16(14(8-11)17(20)21-3)19-10-13-6-5-12(2)15(18)9-13/h4-9,19H,10H2,1-3H3. The molecule has 2 rings (SSSR count). The van der Waals surface area contributed by atoms with E-state index in [0.29, 0.717) is 12.1 Å². The highest BCUT2D eigenvalue weighted by atomic mass is 35.5. The second kappa shape index (κ2) is 6.64. The van der Waals surface area contributed by atoms with Crippen molar-refractivity contribution in [1.82, 2.24) is 0 Å². The smallest absolute Gasteiger partial charge is 0.339 e. The van der Waals surface area contributed by atoms with Gasteiger partial charge in [0.25, 0.3) is 0 Å². The van der Waals surface area contributed by atoms with E-state index in [4.69, 9.17) is 16.3 Å². The van der Waals surface area contributed by atoms with Crippen molar-refractivity contribution in [3.8, 4) is 0 Å². The summed E-state index contributed by atoms with van der Waals surface area (Å²) >= 11 is 6.12. The maximum atomic E-state index is 11.8. The number of halogens is 1. The number of aryl methyl sites for hydroxylation is 2. The summed E-state index contributed by atoms with van der Waals surface area (Å²) in [5, 5.41) is 4.00. The van der Waals surface area contributed by atoms with Gasteiger partial charge in [-0.15, -0.1) is 0 Å². The number of ether oxygens (including phenoxy) is 1. The van der Waals surface area contributed by atoms with Crippen molar-refractivity contribution in [3.63, 3.8) is 0 Å². The first kappa shape index (κ1) is 15.4. The van der Waals surface area contributed by atoms with E-state index < -0.39 is 0 Å². The number of carbonyl (C=O) groups excluding carboxylic acids is 1. The molecule has 0 aliphatic carbocycles. The number of anilines is 1. The van der Waals surface area contributed by atoms with Gasteiger partial charge in [0.2, 0.25) is 0 Å². The van der Waals surface area contributed by atoms with Gasteiger partial charge in [-0.2, -0.15) is 0 Å². The normalized spacial score (nSPS) is 10.3. The van der Waals surface area contributed by atoms with E-state index in [-0.39, 0.29) is 5.97 Å². The number of esters is 1. The molecule has 21 heavy (non-hydrogen) atoms. The largest absolute Gasteiger partial charge is 0.465 e. The summed E-state index contributed by atoms with van der Waals surface area (Å²) < 4.78 is 4.82. The summed E-state index contributed by atoms with van der Waals surface area (Å²) in [7, 11) is 1.38. The fourth-order valence-electron chi connectivity index (χ4n) is 2.03. The highest BCUT2D eigenvalue weighted by Gasteiger charge is 2.11. The average Bonchev–Trinajstić information content (AvgIpc) is 2.48. The summed E-state index contributed by atoms with van der Waals surface area (Å²) in [6.45, 7) is 4.50. The van der Waals surface area contributed by atoms with E-state index >= 15 is 0 Å². The monoisotopic (exact) mass is 303 g/mol. The molecule has 0 amide bonds. The molecule has 0 fully saturated rings. The zero-order valence-electron chi connectivity index (χ0n) is 12.4. The molecule has 4 heteroatoms. The summed E-state index contributed by atoms with van der Waals surface area (Å²) in [6, 6.07) is 11.6. The van der Waals surface area contributed by atoms with E-state index in [1.54, 1.807) is 0 Å². The highest BCUT2D eigenvalue weighted by molar-refractivity contribution is 6.31. The Labute approximate surface area is 129 Å². The minimum atomic E-state index is -0.344. The van der Waals surface area contributed by atoms with Crippen LogP contribution in [-0.4, -0.2) is 13.1 Å². The summed E-state index contributed by atoms with van der Waals surface area (Å²) in [5.74, 6) is -0.344. The lowest BCUT2D eigenvalue weighted by molar-refractivity contribution is 0.0601. The predicted molar refractivity (Wildman–Crippen MR) is 86.0 cm³/mol. The number of benzene rings is 2. The van der Waals surface area contributed by atoms with Gasteiger partial charge < -0.3 is 10.1 Å². The molecule has 0 atom stereocenters. The predicted octanol–water partition coefficient (Wildman–Crippen LogP) is 4.36. The van der Waals surface area contributed by atoms with Gasteiger partial charge in [-0.1, -0.05) is 35.4 Å². The van der Waals surface area contributed by atoms with Gasteiger partial charge in [-0.25, -0.2) is 4.79 Å². The first-order valence-corrected chi connectivity index (χ1v) is 7.07. The van der Waals surface area contributed by atoms with Gasteiger partial charge >= 0.3 is 5.97 Å². The fraction of sp³-hybridized carbons (Fsp3) is 0.235. The maximum absolute atomic E-state index is 11.8. The Bertz CT molecular complexity index is 668. The van der Waals surface area contributed by atoms with Crippen molar-refractivity contribution in [2.45, 2.75) is 20.4 Å². The van der Waals surface area contributed by atoms with Gasteiger partial charge in [0.15, 0.2) is 0 Å². The maximum Gasteiger partial charge on any atom is 0.339 e. The topological polar surface area (TPSA) is 38.3 Å². The third kappa shape index (κ3) is 3.76. The molecule has 0 heterocycles. The van der Waals surface area contributed by atoms with Crippen LogP contribution in [0.2, 0.25) is 5.02 Å². The van der Waals surface area contributed by atoms with Gasteiger partial charge in [0.1, 0.15) is 0 Å². The number of hydrogen-bond acceptors (Lipinski definition) is 3. The van der Waals surface area contributed by atoms with Gasteiger partial charge in [0.05, 0.1) is 12.7 Å². The fourth-order valence-corrected chi connectivity index (χ4v) is 2.24. The van der Waals surface area contributed by atoms with Crippen LogP contribution < -0.4 is 5.32 Å². The lowest BCUT2D eigenvalue weighted by Crippen LogP contribution is -2.08. The Balaban J connectivity index is 2.19. The van der Waals surface area contributed by atoms with Crippen LogP contribution in [0.15, 0.2) is 36.4 Å². The van der Waals surface area contributed by atoms with E-state index in [1.807, 2.05) is 50.2 Å². The Hall–Kier alpha value is -2.00. The molecule has 0 aromatic heterocycles. The lowest BCUT2D eigenvalue weighted by Gasteiger charge is -2.12. The van der Waals surface area contributed by atoms with Crippen LogP contribution in [0, 0.1) is 13.8 Å². The molecule has 3 nitrogen and oxygen atoms in total. The van der Waals surface area contributed by atoms with Crippen LogP contribution in [-0.2, 0) is 11.3 Å². The molecule has 0 saturated carbocycles. The third-order valence-corrected chi connectivity index (χ3v) is 3.71. The van der Waals surface area contributed by atoms with Crippen molar-refractivity contribution in [2.24, 2.45) is 0 Å². The number of rotatable bonds is 4. The minimum Gasteiger partial charge on any atom is -0.465 e. The number of nitrogens with one attached hydrogen (secondary N) is 1. The Morgan fingerprint density at radius 1 is 1.19 bits per heavy atom. The second-order valence-electron chi connectivity index (χ2n) is 4.98. The molecule has 0 aliphatic heterocycles. The van der Waals surface area contributed by atoms with Crippen LogP contribution in [0.1, 0.15) is 27.0 Å². The van der Waals surface area contributed by atoms with Crippen molar-refractivity contribution in [2.75, 3.05) is 12.4 Å². The molecule has 0 saturated heterocycles. The Morgan fingerprint density at radius 3 is 2.62 bits per heavy atom. The zero-order valence-corrected chi connectivity index (χ0v) is 13.1. The van der Waals surface area contributed by atoms with Crippen LogP contribution in [0.3, 0.4) is 0 Å².